The molecule has 0 spiro atoms. The van der Waals surface area contributed by atoms with E-state index in [1.165, 1.54) is 69.9 Å². The van der Waals surface area contributed by atoms with Gasteiger partial charge in [-0.15, -0.1) is 0 Å². The maximum absolute atomic E-state index is 12.5. The minimum atomic E-state index is 0.185. The number of aryl methyl sites for hydroxylation is 1. The molecule has 2 fully saturated rings. The summed E-state index contributed by atoms with van der Waals surface area (Å²) in [5.74, 6) is 1.16. The number of nitrogens with one attached hydrogen (secondary N) is 1. The standard InChI is InChI=1S/C20H33N3O/c1-2-3-12-18-15-19(21-20(24)16-10-6-4-7-11-16)22-23(18)17-13-8-5-9-14-17/h15-17H,2-14H2,1H3,(H,21,22,24). The first-order valence-corrected chi connectivity index (χ1v) is 10.2. The fraction of sp³-hybridized carbons (Fsp3) is 0.800. The van der Waals surface area contributed by atoms with Gasteiger partial charge >= 0.3 is 0 Å². The predicted molar refractivity (Wildman–Crippen MR) is 98.2 cm³/mol. The second-order valence-corrected chi connectivity index (χ2v) is 7.69. The smallest absolute Gasteiger partial charge is 0.228 e. The molecule has 1 heterocycles. The molecule has 0 radical (unpaired) electrons. The van der Waals surface area contributed by atoms with Crippen LogP contribution in [-0.2, 0) is 11.2 Å². The predicted octanol–water partition coefficient (Wildman–Crippen LogP) is 5.25. The minimum Gasteiger partial charge on any atom is -0.309 e. The number of carbonyl (C=O) groups is 1. The molecule has 1 amide bonds. The Balaban J connectivity index is 1.70. The molecule has 0 unspecified atom stereocenters. The van der Waals surface area contributed by atoms with Gasteiger partial charge in [0.2, 0.25) is 5.91 Å². The summed E-state index contributed by atoms with van der Waals surface area (Å²) in [7, 11) is 0. The van der Waals surface area contributed by atoms with Crippen molar-refractivity contribution >= 4 is 11.7 Å². The van der Waals surface area contributed by atoms with E-state index in [9.17, 15) is 4.79 Å². The van der Waals surface area contributed by atoms with Crippen molar-refractivity contribution in [3.63, 3.8) is 0 Å². The molecule has 24 heavy (non-hydrogen) atoms. The molecular weight excluding hydrogens is 298 g/mol. The molecule has 0 bridgehead atoms. The van der Waals surface area contributed by atoms with E-state index in [0.717, 1.165) is 25.1 Å². The van der Waals surface area contributed by atoms with Gasteiger partial charge in [0.25, 0.3) is 0 Å². The molecule has 2 saturated carbocycles. The van der Waals surface area contributed by atoms with Gasteiger partial charge in [0.05, 0.1) is 6.04 Å². The average molecular weight is 332 g/mol. The summed E-state index contributed by atoms with van der Waals surface area (Å²) in [6.45, 7) is 2.23. The van der Waals surface area contributed by atoms with Crippen LogP contribution in [0.5, 0.6) is 0 Å². The first-order chi connectivity index (χ1) is 11.8. The van der Waals surface area contributed by atoms with Gasteiger partial charge in [-0.1, -0.05) is 51.9 Å². The van der Waals surface area contributed by atoms with Crippen molar-refractivity contribution in [1.82, 2.24) is 9.78 Å². The topological polar surface area (TPSA) is 46.9 Å². The van der Waals surface area contributed by atoms with E-state index in [1.807, 2.05) is 0 Å². The molecule has 0 atom stereocenters. The Kier molecular flexibility index (Phi) is 6.33. The number of carbonyl (C=O) groups excluding carboxylic acids is 1. The van der Waals surface area contributed by atoms with Gasteiger partial charge in [-0.3, -0.25) is 9.48 Å². The van der Waals surface area contributed by atoms with E-state index in [4.69, 9.17) is 5.10 Å². The second kappa shape index (κ2) is 8.68. The van der Waals surface area contributed by atoms with E-state index < -0.39 is 0 Å². The number of rotatable bonds is 6. The van der Waals surface area contributed by atoms with Crippen molar-refractivity contribution in [2.75, 3.05) is 5.32 Å². The third-order valence-corrected chi connectivity index (χ3v) is 5.75. The average Bonchev–Trinajstić information content (AvgIpc) is 3.04. The largest absolute Gasteiger partial charge is 0.309 e. The van der Waals surface area contributed by atoms with Gasteiger partial charge in [0.1, 0.15) is 0 Å². The lowest BCUT2D eigenvalue weighted by Crippen LogP contribution is -2.25. The third-order valence-electron chi connectivity index (χ3n) is 5.75. The number of aromatic nitrogens is 2. The van der Waals surface area contributed by atoms with Crippen LogP contribution in [0, 0.1) is 5.92 Å². The maximum atomic E-state index is 12.5. The van der Waals surface area contributed by atoms with Crippen LogP contribution in [0.4, 0.5) is 5.82 Å². The number of unbranched alkanes of at least 4 members (excludes halogenated alkanes) is 1. The summed E-state index contributed by atoms with van der Waals surface area (Å²) in [6, 6.07) is 2.66. The Morgan fingerprint density at radius 1 is 1.12 bits per heavy atom. The molecule has 134 valence electrons. The Morgan fingerprint density at radius 2 is 1.79 bits per heavy atom. The van der Waals surface area contributed by atoms with E-state index in [1.54, 1.807) is 0 Å². The van der Waals surface area contributed by atoms with Gasteiger partial charge in [-0.25, -0.2) is 0 Å². The highest BCUT2D eigenvalue weighted by Crippen LogP contribution is 2.31. The van der Waals surface area contributed by atoms with Crippen LogP contribution in [0.25, 0.3) is 0 Å². The van der Waals surface area contributed by atoms with E-state index >= 15 is 0 Å². The molecule has 3 rings (SSSR count). The molecular formula is C20H33N3O. The zero-order valence-electron chi connectivity index (χ0n) is 15.2. The number of nitrogens with zero attached hydrogens (tertiary/aromatic N) is 2. The van der Waals surface area contributed by atoms with Crippen molar-refractivity contribution in [3.8, 4) is 0 Å². The van der Waals surface area contributed by atoms with Gasteiger partial charge in [-0.05, 0) is 38.5 Å². The number of anilines is 1. The summed E-state index contributed by atoms with van der Waals surface area (Å²) >= 11 is 0. The highest BCUT2D eigenvalue weighted by atomic mass is 16.2. The van der Waals surface area contributed by atoms with Crippen LogP contribution in [0.3, 0.4) is 0 Å². The molecule has 4 heteroatoms. The highest BCUT2D eigenvalue weighted by Gasteiger charge is 2.24. The number of amides is 1. The maximum Gasteiger partial charge on any atom is 0.228 e. The molecule has 4 nitrogen and oxygen atoms in total. The van der Waals surface area contributed by atoms with Gasteiger partial charge in [0, 0.05) is 17.7 Å². The van der Waals surface area contributed by atoms with E-state index in [2.05, 4.69) is 23.0 Å². The van der Waals surface area contributed by atoms with Gasteiger partial charge < -0.3 is 5.32 Å². The fourth-order valence-electron chi connectivity index (χ4n) is 4.27. The number of hydrogen-bond donors (Lipinski definition) is 1. The molecule has 2 aliphatic carbocycles. The lowest BCUT2D eigenvalue weighted by atomic mass is 9.89. The zero-order chi connectivity index (χ0) is 16.8. The van der Waals surface area contributed by atoms with Crippen LogP contribution in [0.15, 0.2) is 6.07 Å². The summed E-state index contributed by atoms with van der Waals surface area (Å²) in [5, 5.41) is 7.92. The molecule has 0 aromatic carbocycles. The lowest BCUT2D eigenvalue weighted by Gasteiger charge is -2.24. The molecule has 1 aromatic heterocycles. The van der Waals surface area contributed by atoms with Crippen LogP contribution in [0.2, 0.25) is 0 Å². The Bertz CT molecular complexity index is 525. The Morgan fingerprint density at radius 3 is 2.46 bits per heavy atom. The van der Waals surface area contributed by atoms with Crippen molar-refractivity contribution in [2.45, 2.75) is 96.4 Å². The van der Waals surface area contributed by atoms with Gasteiger partial charge in [0.15, 0.2) is 5.82 Å². The monoisotopic (exact) mass is 331 g/mol. The lowest BCUT2D eigenvalue weighted by molar-refractivity contribution is -0.120. The minimum absolute atomic E-state index is 0.185. The first-order valence-electron chi connectivity index (χ1n) is 10.2. The van der Waals surface area contributed by atoms with E-state index in [-0.39, 0.29) is 11.8 Å². The normalized spacial score (nSPS) is 20.2. The SMILES string of the molecule is CCCCc1cc(NC(=O)C2CCCCC2)nn1C1CCCCC1. The molecule has 1 aromatic rings. The summed E-state index contributed by atoms with van der Waals surface area (Å²) in [6.07, 6.45) is 15.6. The van der Waals surface area contributed by atoms with Crippen molar-refractivity contribution in [2.24, 2.45) is 5.92 Å². The van der Waals surface area contributed by atoms with Crippen LogP contribution >= 0.6 is 0 Å². The molecule has 2 aliphatic rings. The molecule has 0 saturated heterocycles. The first kappa shape index (κ1) is 17.5. The second-order valence-electron chi connectivity index (χ2n) is 7.69. The van der Waals surface area contributed by atoms with Gasteiger partial charge in [-0.2, -0.15) is 5.10 Å². The summed E-state index contributed by atoms with van der Waals surface area (Å²) < 4.78 is 2.24. The highest BCUT2D eigenvalue weighted by molar-refractivity contribution is 5.91. The summed E-state index contributed by atoms with van der Waals surface area (Å²) in [5.41, 5.74) is 1.31. The van der Waals surface area contributed by atoms with Crippen LogP contribution in [-0.4, -0.2) is 15.7 Å². The van der Waals surface area contributed by atoms with Crippen LogP contribution < -0.4 is 5.32 Å². The van der Waals surface area contributed by atoms with Crippen molar-refractivity contribution in [1.29, 1.82) is 0 Å². The third kappa shape index (κ3) is 4.40. The fourth-order valence-corrected chi connectivity index (χ4v) is 4.27. The van der Waals surface area contributed by atoms with Crippen LogP contribution in [0.1, 0.15) is 95.7 Å². The van der Waals surface area contributed by atoms with Crippen molar-refractivity contribution in [3.05, 3.63) is 11.8 Å². The zero-order valence-corrected chi connectivity index (χ0v) is 15.2. The Labute approximate surface area is 146 Å². The number of hydrogen-bond acceptors (Lipinski definition) is 2. The molecule has 0 aliphatic heterocycles. The quantitative estimate of drug-likeness (QED) is 0.774. The summed E-state index contributed by atoms with van der Waals surface area (Å²) in [4.78, 5) is 12.5. The molecule has 1 N–H and O–H groups in total. The Hall–Kier alpha value is -1.32. The van der Waals surface area contributed by atoms with E-state index in [0.29, 0.717) is 6.04 Å². The van der Waals surface area contributed by atoms with Crippen molar-refractivity contribution < 1.29 is 4.79 Å².